The second kappa shape index (κ2) is 17.5. The number of nitrogens with one attached hydrogen (secondary N) is 3. The van der Waals surface area contributed by atoms with E-state index in [4.69, 9.17) is 16.3 Å². The molecular weight excluding hydrogens is 808 g/mol. The van der Waals surface area contributed by atoms with E-state index < -0.39 is 21.5 Å². The molecule has 0 radical (unpaired) electrons. The summed E-state index contributed by atoms with van der Waals surface area (Å²) in [6.45, 7) is 13.4. The number of benzene rings is 4. The fraction of sp³-hybridized carbons (Fsp3) is 0.417. The predicted octanol–water partition coefficient (Wildman–Crippen LogP) is 9.57. The summed E-state index contributed by atoms with van der Waals surface area (Å²) >= 11 is 6.25. The maximum absolute atomic E-state index is 14.0. The number of aromatic amines is 1. The van der Waals surface area contributed by atoms with Crippen LogP contribution >= 0.6 is 11.6 Å². The van der Waals surface area contributed by atoms with Gasteiger partial charge in [0.15, 0.2) is 0 Å². The lowest BCUT2D eigenvalue weighted by Crippen LogP contribution is -2.47. The number of anilines is 2. The molecule has 2 heterocycles. The number of halogens is 1. The molecule has 4 N–H and O–H groups in total. The van der Waals surface area contributed by atoms with Crippen molar-refractivity contribution in [2.45, 2.75) is 83.1 Å². The highest BCUT2D eigenvalue weighted by Gasteiger charge is 2.31. The van der Waals surface area contributed by atoms with Crippen molar-refractivity contribution in [1.29, 1.82) is 0 Å². The minimum atomic E-state index is -4.24. The first-order valence-electron chi connectivity index (χ1n) is 21.4. The molecule has 0 bridgehead atoms. The SMILES string of the molecule is Cc1cc(S(=O)(=O)NC(=O)c2ccc(N3CCN(CC4=C(c5ccc(Cl)cc5)CC(C)(C)CC4)CC3)cc2Oc2cccc3[nH]ncc23)ccc1NC[C@H]1CC[C@@](C)(O)CC1. The van der Waals surface area contributed by atoms with Crippen LogP contribution in [-0.2, 0) is 10.0 Å². The molecule has 2 fully saturated rings. The number of aryl methyl sites for hydroxylation is 1. The van der Waals surface area contributed by atoms with Crippen LogP contribution in [0.3, 0.4) is 0 Å². The van der Waals surface area contributed by atoms with E-state index in [0.29, 0.717) is 11.7 Å². The minimum Gasteiger partial charge on any atom is -0.456 e. The van der Waals surface area contributed by atoms with Crippen molar-refractivity contribution in [3.63, 3.8) is 0 Å². The molecule has 1 amide bonds. The molecule has 2 aliphatic carbocycles. The first-order chi connectivity index (χ1) is 29.1. The first-order valence-corrected chi connectivity index (χ1v) is 23.3. The smallest absolute Gasteiger partial charge is 0.268 e. The number of rotatable bonds is 12. The van der Waals surface area contributed by atoms with Gasteiger partial charge >= 0.3 is 0 Å². The summed E-state index contributed by atoms with van der Waals surface area (Å²) in [7, 11) is -4.24. The fourth-order valence-electron chi connectivity index (χ4n) is 9.02. The molecule has 0 spiro atoms. The molecule has 3 aliphatic rings. The van der Waals surface area contributed by atoms with Gasteiger partial charge in [-0.3, -0.25) is 14.8 Å². The fourth-order valence-corrected chi connectivity index (χ4v) is 10.2. The highest BCUT2D eigenvalue weighted by atomic mass is 35.5. The van der Waals surface area contributed by atoms with Crippen LogP contribution in [0.15, 0.2) is 95.5 Å². The number of ether oxygens (including phenoxy) is 1. The Bertz CT molecular complexity index is 2530. The highest BCUT2D eigenvalue weighted by molar-refractivity contribution is 7.90. The third kappa shape index (κ3) is 10.1. The molecule has 0 atom stereocenters. The lowest BCUT2D eigenvalue weighted by molar-refractivity contribution is 0.00976. The van der Waals surface area contributed by atoms with Crippen molar-refractivity contribution in [2.24, 2.45) is 11.3 Å². The lowest BCUT2D eigenvalue weighted by atomic mass is 9.72. The number of sulfonamides is 1. The van der Waals surface area contributed by atoms with Crippen LogP contribution in [0, 0.1) is 18.3 Å². The van der Waals surface area contributed by atoms with Gasteiger partial charge < -0.3 is 20.1 Å². The Hall–Kier alpha value is -4.88. The molecule has 1 aliphatic heterocycles. The summed E-state index contributed by atoms with van der Waals surface area (Å²) in [6.07, 6.45) is 8.34. The number of carbonyl (C=O) groups is 1. The zero-order chi connectivity index (χ0) is 42.9. The maximum Gasteiger partial charge on any atom is 0.268 e. The summed E-state index contributed by atoms with van der Waals surface area (Å²) in [5.41, 5.74) is 7.17. The second-order valence-electron chi connectivity index (χ2n) is 18.3. The van der Waals surface area contributed by atoms with E-state index >= 15 is 0 Å². The van der Waals surface area contributed by atoms with Gasteiger partial charge in [0, 0.05) is 61.7 Å². The van der Waals surface area contributed by atoms with Crippen LogP contribution in [0.4, 0.5) is 11.4 Å². The topological polar surface area (TPSA) is 140 Å². The highest BCUT2D eigenvalue weighted by Crippen LogP contribution is 2.44. The van der Waals surface area contributed by atoms with Gasteiger partial charge in [-0.05, 0) is 141 Å². The number of hydrogen-bond acceptors (Lipinski definition) is 9. The number of nitrogens with zero attached hydrogens (tertiary/aromatic N) is 3. The molecule has 1 saturated carbocycles. The van der Waals surface area contributed by atoms with Crippen LogP contribution < -0.4 is 19.7 Å². The second-order valence-corrected chi connectivity index (χ2v) is 20.4. The van der Waals surface area contributed by atoms with E-state index in [1.54, 1.807) is 30.5 Å². The zero-order valence-corrected chi connectivity index (χ0v) is 37.1. The van der Waals surface area contributed by atoms with E-state index in [9.17, 15) is 18.3 Å². The molecular formula is C48H57ClN6O5S. The Morgan fingerprint density at radius 3 is 2.44 bits per heavy atom. The zero-order valence-electron chi connectivity index (χ0n) is 35.6. The van der Waals surface area contributed by atoms with Crippen molar-refractivity contribution in [2.75, 3.05) is 49.5 Å². The number of H-pyrrole nitrogens is 1. The minimum absolute atomic E-state index is 0.00859. The van der Waals surface area contributed by atoms with Crippen LogP contribution in [-0.4, -0.2) is 79.4 Å². The van der Waals surface area contributed by atoms with Gasteiger partial charge in [0.2, 0.25) is 0 Å². The van der Waals surface area contributed by atoms with Gasteiger partial charge in [0.1, 0.15) is 11.5 Å². The number of amides is 1. The molecule has 8 rings (SSSR count). The maximum atomic E-state index is 14.0. The van der Waals surface area contributed by atoms with Gasteiger partial charge in [-0.25, -0.2) is 13.1 Å². The Kier molecular flexibility index (Phi) is 12.3. The third-order valence-corrected chi connectivity index (χ3v) is 14.5. The largest absolute Gasteiger partial charge is 0.456 e. The summed E-state index contributed by atoms with van der Waals surface area (Å²) < 4.78 is 36.3. The number of allylic oxidation sites excluding steroid dienone is 1. The number of hydrogen-bond donors (Lipinski definition) is 4. The van der Waals surface area contributed by atoms with E-state index in [1.807, 2.05) is 50.2 Å². The average molecular weight is 866 g/mol. The predicted molar refractivity (Wildman–Crippen MR) is 244 cm³/mol. The van der Waals surface area contributed by atoms with Crippen LogP contribution in [0.2, 0.25) is 5.02 Å². The molecule has 13 heteroatoms. The lowest BCUT2D eigenvalue weighted by Gasteiger charge is -2.39. The molecule has 1 saturated heterocycles. The van der Waals surface area contributed by atoms with Gasteiger partial charge in [0.05, 0.1) is 33.2 Å². The summed E-state index contributed by atoms with van der Waals surface area (Å²) in [4.78, 5) is 18.8. The monoisotopic (exact) mass is 864 g/mol. The normalized spacial score (nSPS) is 21.1. The first kappa shape index (κ1) is 42.8. The number of carbonyl (C=O) groups excluding carboxylic acids is 1. The van der Waals surface area contributed by atoms with Crippen molar-refractivity contribution in [3.05, 3.63) is 112 Å². The van der Waals surface area contributed by atoms with Crippen molar-refractivity contribution in [3.8, 4) is 11.5 Å². The van der Waals surface area contributed by atoms with Crippen molar-refractivity contribution >= 4 is 55.4 Å². The Labute approximate surface area is 364 Å². The summed E-state index contributed by atoms with van der Waals surface area (Å²) in [5.74, 6) is 0.369. The van der Waals surface area contributed by atoms with Gasteiger partial charge in [-0.1, -0.05) is 49.2 Å². The van der Waals surface area contributed by atoms with E-state index in [2.05, 4.69) is 56.0 Å². The van der Waals surface area contributed by atoms with Crippen molar-refractivity contribution < 1.29 is 23.1 Å². The van der Waals surface area contributed by atoms with Crippen LogP contribution in [0.1, 0.15) is 87.2 Å². The Morgan fingerprint density at radius 2 is 1.70 bits per heavy atom. The van der Waals surface area contributed by atoms with Crippen molar-refractivity contribution in [1.82, 2.24) is 19.8 Å². The van der Waals surface area contributed by atoms with Gasteiger partial charge in [-0.15, -0.1) is 0 Å². The van der Waals surface area contributed by atoms with E-state index in [-0.39, 0.29) is 21.6 Å². The number of piperazine rings is 1. The molecule has 4 aromatic carbocycles. The quantitative estimate of drug-likeness (QED) is 0.0966. The Balaban J connectivity index is 0.981. The van der Waals surface area contributed by atoms with Crippen LogP contribution in [0.5, 0.6) is 11.5 Å². The molecule has 5 aromatic rings. The standard InChI is InChI=1S/C48H57ClN6O5S/c1-32-26-38(13-15-42(32)50-29-33-16-20-48(4,57)21-17-33)61(58,59)53-46(56)39-14-12-37(27-45(39)60-44-7-5-6-43-41(44)30-51-52-43)55-24-22-54(23-25-55)31-35-18-19-47(2,3)28-40(35)34-8-10-36(49)11-9-34/h5-15,26-27,30,33,50,57H,16-25,28-29,31H2,1-4H3,(H,51,52)(H,53,56)/t33-,48+. The van der Waals surface area contributed by atoms with Gasteiger partial charge in [0.25, 0.3) is 15.9 Å². The van der Waals surface area contributed by atoms with Gasteiger partial charge in [-0.2, -0.15) is 5.10 Å². The number of aliphatic hydroxyl groups is 1. The average Bonchev–Trinajstić information content (AvgIpc) is 3.72. The number of fused-ring (bicyclic) bond motifs is 1. The Morgan fingerprint density at radius 1 is 0.951 bits per heavy atom. The summed E-state index contributed by atoms with van der Waals surface area (Å²) in [6, 6.07) is 24.0. The number of aromatic nitrogens is 2. The molecule has 0 unspecified atom stereocenters. The third-order valence-electron chi connectivity index (χ3n) is 12.9. The van der Waals surface area contributed by atoms with E-state index in [0.717, 1.165) is 117 Å². The van der Waals surface area contributed by atoms with Crippen LogP contribution in [0.25, 0.3) is 16.5 Å². The molecule has 61 heavy (non-hydrogen) atoms. The summed E-state index contributed by atoms with van der Waals surface area (Å²) in [5, 5.41) is 22.4. The molecule has 322 valence electrons. The molecule has 11 nitrogen and oxygen atoms in total. The molecule has 1 aromatic heterocycles. The van der Waals surface area contributed by atoms with E-state index in [1.165, 1.54) is 22.8 Å².